The summed E-state index contributed by atoms with van der Waals surface area (Å²) in [7, 11) is 0. The first kappa shape index (κ1) is 13.7. The SMILES string of the molecule is CCOC(=O)N1CC=C(c2oc3ccccc3c2C)CC1. The topological polar surface area (TPSA) is 42.7 Å². The average molecular weight is 285 g/mol. The van der Waals surface area contributed by atoms with Crippen molar-refractivity contribution in [2.75, 3.05) is 19.7 Å². The second-order valence-corrected chi connectivity index (χ2v) is 5.18. The van der Waals surface area contributed by atoms with E-state index in [1.807, 2.05) is 25.1 Å². The van der Waals surface area contributed by atoms with Crippen molar-refractivity contribution < 1.29 is 13.9 Å². The number of nitrogens with zero attached hydrogens (tertiary/aromatic N) is 1. The number of fused-ring (bicyclic) bond motifs is 1. The number of carbonyl (C=O) groups excluding carboxylic acids is 1. The van der Waals surface area contributed by atoms with E-state index in [1.54, 1.807) is 4.90 Å². The first-order valence-electron chi connectivity index (χ1n) is 7.30. The standard InChI is InChI=1S/C17H19NO3/c1-3-20-17(19)18-10-8-13(9-11-18)16-12(2)14-6-4-5-7-15(14)21-16/h4-8H,3,9-11H2,1-2H3. The molecule has 0 radical (unpaired) electrons. The number of aryl methyl sites for hydroxylation is 1. The molecule has 0 N–H and O–H groups in total. The molecule has 1 aliphatic heterocycles. The van der Waals surface area contributed by atoms with Gasteiger partial charge >= 0.3 is 6.09 Å². The van der Waals surface area contributed by atoms with E-state index in [0.29, 0.717) is 19.7 Å². The molecule has 21 heavy (non-hydrogen) atoms. The Bertz CT molecular complexity index is 699. The van der Waals surface area contributed by atoms with Crippen LogP contribution in [0.1, 0.15) is 24.7 Å². The third-order valence-electron chi connectivity index (χ3n) is 3.87. The highest BCUT2D eigenvalue weighted by Crippen LogP contribution is 2.32. The maximum atomic E-state index is 11.7. The summed E-state index contributed by atoms with van der Waals surface area (Å²) in [4.78, 5) is 13.4. The maximum absolute atomic E-state index is 11.7. The molecule has 4 heteroatoms. The fourth-order valence-electron chi connectivity index (χ4n) is 2.74. The van der Waals surface area contributed by atoms with Crippen LogP contribution >= 0.6 is 0 Å². The van der Waals surface area contributed by atoms with E-state index in [0.717, 1.165) is 23.2 Å². The summed E-state index contributed by atoms with van der Waals surface area (Å²) in [6, 6.07) is 8.06. The summed E-state index contributed by atoms with van der Waals surface area (Å²) in [6.45, 7) is 5.56. The Morgan fingerprint density at radius 3 is 2.86 bits per heavy atom. The molecule has 0 unspecified atom stereocenters. The Kier molecular flexibility index (Phi) is 3.69. The van der Waals surface area contributed by atoms with Gasteiger partial charge in [-0.15, -0.1) is 0 Å². The Balaban J connectivity index is 1.84. The first-order valence-corrected chi connectivity index (χ1v) is 7.30. The van der Waals surface area contributed by atoms with E-state index in [9.17, 15) is 4.79 Å². The molecular weight excluding hydrogens is 266 g/mol. The van der Waals surface area contributed by atoms with Crippen molar-refractivity contribution in [3.05, 3.63) is 41.7 Å². The van der Waals surface area contributed by atoms with Crippen LogP contribution in [0.15, 0.2) is 34.8 Å². The minimum atomic E-state index is -0.242. The van der Waals surface area contributed by atoms with Crippen LogP contribution in [-0.2, 0) is 4.74 Å². The second kappa shape index (κ2) is 5.64. The first-order chi connectivity index (χ1) is 10.2. The van der Waals surface area contributed by atoms with Gasteiger partial charge in [-0.1, -0.05) is 24.3 Å². The number of hydrogen-bond acceptors (Lipinski definition) is 3. The molecular formula is C17H19NO3. The monoisotopic (exact) mass is 285 g/mol. The van der Waals surface area contributed by atoms with Gasteiger partial charge in [-0.2, -0.15) is 0 Å². The molecule has 1 amide bonds. The molecule has 0 bridgehead atoms. The van der Waals surface area contributed by atoms with Crippen LogP contribution in [0.5, 0.6) is 0 Å². The van der Waals surface area contributed by atoms with E-state index in [2.05, 4.69) is 19.1 Å². The lowest BCUT2D eigenvalue weighted by Gasteiger charge is -2.25. The molecule has 0 saturated carbocycles. The molecule has 2 aromatic rings. The van der Waals surface area contributed by atoms with E-state index in [4.69, 9.17) is 9.15 Å². The molecule has 1 aromatic carbocycles. The molecule has 0 spiro atoms. The summed E-state index contributed by atoms with van der Waals surface area (Å²) >= 11 is 0. The van der Waals surface area contributed by atoms with Crippen molar-refractivity contribution >= 4 is 22.6 Å². The van der Waals surface area contributed by atoms with Crippen molar-refractivity contribution in [3.63, 3.8) is 0 Å². The number of para-hydroxylation sites is 1. The third kappa shape index (κ3) is 2.53. The second-order valence-electron chi connectivity index (χ2n) is 5.18. The minimum Gasteiger partial charge on any atom is -0.456 e. The number of hydrogen-bond donors (Lipinski definition) is 0. The van der Waals surface area contributed by atoms with Crippen LogP contribution in [0.25, 0.3) is 16.5 Å². The molecule has 110 valence electrons. The van der Waals surface area contributed by atoms with Gasteiger partial charge in [0, 0.05) is 24.0 Å². The van der Waals surface area contributed by atoms with Crippen molar-refractivity contribution in [1.82, 2.24) is 4.90 Å². The van der Waals surface area contributed by atoms with Gasteiger partial charge in [0.1, 0.15) is 11.3 Å². The van der Waals surface area contributed by atoms with E-state index < -0.39 is 0 Å². The van der Waals surface area contributed by atoms with Crippen molar-refractivity contribution in [3.8, 4) is 0 Å². The summed E-state index contributed by atoms with van der Waals surface area (Å²) in [5.74, 6) is 0.944. The van der Waals surface area contributed by atoms with Crippen LogP contribution < -0.4 is 0 Å². The van der Waals surface area contributed by atoms with Gasteiger partial charge in [-0.3, -0.25) is 0 Å². The number of carbonyl (C=O) groups is 1. The van der Waals surface area contributed by atoms with Gasteiger partial charge in [-0.25, -0.2) is 4.79 Å². The average Bonchev–Trinajstić information content (AvgIpc) is 2.85. The molecule has 1 aromatic heterocycles. The van der Waals surface area contributed by atoms with E-state index in [-0.39, 0.29) is 6.09 Å². The van der Waals surface area contributed by atoms with E-state index >= 15 is 0 Å². The number of furan rings is 1. The maximum Gasteiger partial charge on any atom is 0.410 e. The number of benzene rings is 1. The predicted octanol–water partition coefficient (Wildman–Crippen LogP) is 3.99. The molecule has 0 saturated heterocycles. The van der Waals surface area contributed by atoms with Gasteiger partial charge in [-0.05, 0) is 31.9 Å². The highest BCUT2D eigenvalue weighted by atomic mass is 16.6. The smallest absolute Gasteiger partial charge is 0.410 e. The predicted molar refractivity (Wildman–Crippen MR) is 82.1 cm³/mol. The lowest BCUT2D eigenvalue weighted by Crippen LogP contribution is -2.35. The number of ether oxygens (including phenoxy) is 1. The summed E-state index contributed by atoms with van der Waals surface area (Å²) in [6.07, 6.45) is 2.61. The largest absolute Gasteiger partial charge is 0.456 e. The Labute approximate surface area is 124 Å². The molecule has 0 aliphatic carbocycles. The molecule has 1 aliphatic rings. The van der Waals surface area contributed by atoms with Crippen molar-refractivity contribution in [1.29, 1.82) is 0 Å². The Hall–Kier alpha value is -2.23. The minimum absolute atomic E-state index is 0.242. The zero-order valence-corrected chi connectivity index (χ0v) is 12.4. The highest BCUT2D eigenvalue weighted by Gasteiger charge is 2.21. The Morgan fingerprint density at radius 1 is 1.38 bits per heavy atom. The fraction of sp³-hybridized carbons (Fsp3) is 0.353. The van der Waals surface area contributed by atoms with Gasteiger partial charge in [0.15, 0.2) is 0 Å². The van der Waals surface area contributed by atoms with Gasteiger partial charge in [0.05, 0.1) is 6.61 Å². The van der Waals surface area contributed by atoms with Crippen LogP contribution in [0.4, 0.5) is 4.79 Å². The van der Waals surface area contributed by atoms with Crippen LogP contribution in [-0.4, -0.2) is 30.7 Å². The molecule has 4 nitrogen and oxygen atoms in total. The summed E-state index contributed by atoms with van der Waals surface area (Å²) < 4.78 is 11.0. The van der Waals surface area contributed by atoms with Crippen LogP contribution in [0.2, 0.25) is 0 Å². The van der Waals surface area contributed by atoms with Gasteiger partial charge in [0.2, 0.25) is 0 Å². The van der Waals surface area contributed by atoms with Crippen LogP contribution in [0.3, 0.4) is 0 Å². The summed E-state index contributed by atoms with van der Waals surface area (Å²) in [5, 5.41) is 1.15. The lowest BCUT2D eigenvalue weighted by atomic mass is 10.0. The molecule has 0 atom stereocenters. The zero-order chi connectivity index (χ0) is 14.8. The number of rotatable bonds is 2. The lowest BCUT2D eigenvalue weighted by molar-refractivity contribution is 0.111. The van der Waals surface area contributed by atoms with Crippen molar-refractivity contribution in [2.24, 2.45) is 0 Å². The quantitative estimate of drug-likeness (QED) is 0.838. The van der Waals surface area contributed by atoms with Gasteiger partial charge in [0.25, 0.3) is 0 Å². The molecule has 3 rings (SSSR count). The highest BCUT2D eigenvalue weighted by molar-refractivity contribution is 5.86. The number of amides is 1. The zero-order valence-electron chi connectivity index (χ0n) is 12.4. The van der Waals surface area contributed by atoms with Crippen LogP contribution in [0, 0.1) is 6.92 Å². The third-order valence-corrected chi connectivity index (χ3v) is 3.87. The summed E-state index contributed by atoms with van der Waals surface area (Å²) in [5.41, 5.74) is 3.25. The normalized spacial score (nSPS) is 15.1. The van der Waals surface area contributed by atoms with Crippen molar-refractivity contribution in [2.45, 2.75) is 20.3 Å². The fourth-order valence-corrected chi connectivity index (χ4v) is 2.74. The van der Waals surface area contributed by atoms with Gasteiger partial charge < -0.3 is 14.1 Å². The Morgan fingerprint density at radius 2 is 2.19 bits per heavy atom. The van der Waals surface area contributed by atoms with E-state index in [1.165, 1.54) is 11.1 Å². The molecule has 2 heterocycles. The molecule has 0 fully saturated rings.